The Balaban J connectivity index is 2.36. The van der Waals surface area contributed by atoms with Gasteiger partial charge in [0.15, 0.2) is 0 Å². The smallest absolute Gasteiger partial charge is 0.122 e. The van der Waals surface area contributed by atoms with Crippen LogP contribution in [0.2, 0.25) is 0 Å². The van der Waals surface area contributed by atoms with Gasteiger partial charge in [-0.1, -0.05) is 6.92 Å². The van der Waals surface area contributed by atoms with Crippen molar-refractivity contribution in [1.29, 1.82) is 0 Å². The molecule has 1 aliphatic heterocycles. The van der Waals surface area contributed by atoms with Gasteiger partial charge in [0.2, 0.25) is 0 Å². The highest BCUT2D eigenvalue weighted by Gasteiger charge is 2.32. The molecule has 0 aromatic heterocycles. The first-order valence-corrected chi connectivity index (χ1v) is 6.42. The van der Waals surface area contributed by atoms with E-state index >= 15 is 0 Å². The number of hydrogen-bond donors (Lipinski definition) is 1. The van der Waals surface area contributed by atoms with Crippen LogP contribution in [-0.2, 0) is 0 Å². The van der Waals surface area contributed by atoms with Gasteiger partial charge in [-0.3, -0.25) is 4.90 Å². The molecule has 0 saturated carbocycles. The number of nitrogens with two attached hydrogens (primary N) is 1. The first-order valence-electron chi connectivity index (χ1n) is 6.42. The molecule has 1 aromatic carbocycles. The van der Waals surface area contributed by atoms with Gasteiger partial charge in [0.1, 0.15) is 11.5 Å². The van der Waals surface area contributed by atoms with Crippen LogP contribution in [0, 0.1) is 0 Å². The van der Waals surface area contributed by atoms with Gasteiger partial charge in [0, 0.05) is 18.7 Å². The number of methoxy groups -OCH3 is 2. The molecule has 2 N–H and O–H groups in total. The van der Waals surface area contributed by atoms with Gasteiger partial charge < -0.3 is 15.2 Å². The molecule has 2 atom stereocenters. The lowest BCUT2D eigenvalue weighted by Crippen LogP contribution is -2.31. The highest BCUT2D eigenvalue weighted by Crippen LogP contribution is 2.35. The van der Waals surface area contributed by atoms with Crippen LogP contribution in [0.5, 0.6) is 11.5 Å². The van der Waals surface area contributed by atoms with E-state index in [4.69, 9.17) is 15.2 Å². The van der Waals surface area contributed by atoms with E-state index in [-0.39, 0.29) is 12.1 Å². The molecular weight excluding hydrogens is 228 g/mol. The van der Waals surface area contributed by atoms with Crippen molar-refractivity contribution in [2.75, 3.05) is 27.3 Å². The lowest BCUT2D eigenvalue weighted by Gasteiger charge is -2.26. The van der Waals surface area contributed by atoms with Gasteiger partial charge in [0.25, 0.3) is 0 Å². The molecule has 18 heavy (non-hydrogen) atoms. The molecule has 4 nitrogen and oxygen atoms in total. The minimum absolute atomic E-state index is 0.182. The predicted octanol–water partition coefficient (Wildman–Crippen LogP) is 1.80. The fraction of sp³-hybridized carbons (Fsp3) is 0.571. The predicted molar refractivity (Wildman–Crippen MR) is 72.1 cm³/mol. The van der Waals surface area contributed by atoms with Crippen molar-refractivity contribution >= 4 is 0 Å². The Hall–Kier alpha value is -1.26. The average Bonchev–Trinajstić information content (AvgIpc) is 2.79. The highest BCUT2D eigenvalue weighted by atomic mass is 16.5. The zero-order valence-corrected chi connectivity index (χ0v) is 11.3. The van der Waals surface area contributed by atoms with E-state index in [9.17, 15) is 0 Å². The fourth-order valence-electron chi connectivity index (χ4n) is 2.70. The Morgan fingerprint density at radius 2 is 1.83 bits per heavy atom. The Kier molecular flexibility index (Phi) is 4.09. The van der Waals surface area contributed by atoms with Crippen LogP contribution in [0.1, 0.15) is 24.9 Å². The summed E-state index contributed by atoms with van der Waals surface area (Å²) in [6.45, 7) is 4.24. The lowest BCUT2D eigenvalue weighted by molar-refractivity contribution is 0.259. The molecule has 0 radical (unpaired) electrons. The molecular formula is C14H22N2O2. The van der Waals surface area contributed by atoms with Gasteiger partial charge in [-0.15, -0.1) is 0 Å². The maximum absolute atomic E-state index is 6.24. The third kappa shape index (κ3) is 2.44. The quantitative estimate of drug-likeness (QED) is 0.885. The molecule has 2 unspecified atom stereocenters. The average molecular weight is 250 g/mol. The second-order valence-corrected chi connectivity index (χ2v) is 4.67. The zero-order valence-electron chi connectivity index (χ0n) is 11.3. The SMILES string of the molecule is CCN1CCC(N)C1c1cc(OC)cc(OC)c1. The Labute approximate surface area is 109 Å². The second kappa shape index (κ2) is 5.59. The number of likely N-dealkylation sites (N-methyl/N-ethyl adjacent to an activating group) is 1. The minimum Gasteiger partial charge on any atom is -0.497 e. The lowest BCUT2D eigenvalue weighted by atomic mass is 10.00. The second-order valence-electron chi connectivity index (χ2n) is 4.67. The topological polar surface area (TPSA) is 47.7 Å². The summed E-state index contributed by atoms with van der Waals surface area (Å²) >= 11 is 0. The summed E-state index contributed by atoms with van der Waals surface area (Å²) in [5.41, 5.74) is 7.42. The molecule has 1 aliphatic rings. The summed E-state index contributed by atoms with van der Waals surface area (Å²) in [7, 11) is 3.34. The first-order chi connectivity index (χ1) is 8.69. The summed E-state index contributed by atoms with van der Waals surface area (Å²) in [6, 6.07) is 6.45. The van der Waals surface area contributed by atoms with Crippen LogP contribution < -0.4 is 15.2 Å². The van der Waals surface area contributed by atoms with Gasteiger partial charge in [-0.05, 0) is 30.7 Å². The van der Waals surface area contributed by atoms with E-state index in [0.29, 0.717) is 0 Å². The molecule has 0 aliphatic carbocycles. The van der Waals surface area contributed by atoms with E-state index in [0.717, 1.165) is 31.0 Å². The first kappa shape index (κ1) is 13.2. The summed E-state index contributed by atoms with van der Waals surface area (Å²) in [6.07, 6.45) is 1.04. The van der Waals surface area contributed by atoms with E-state index in [2.05, 4.69) is 24.0 Å². The maximum atomic E-state index is 6.24. The normalized spacial score (nSPS) is 24.2. The van der Waals surface area contributed by atoms with Crippen molar-refractivity contribution in [2.24, 2.45) is 5.73 Å². The van der Waals surface area contributed by atoms with Crippen molar-refractivity contribution in [1.82, 2.24) is 4.90 Å². The van der Waals surface area contributed by atoms with Crippen molar-refractivity contribution < 1.29 is 9.47 Å². The maximum Gasteiger partial charge on any atom is 0.122 e. The molecule has 0 spiro atoms. The van der Waals surface area contributed by atoms with Crippen LogP contribution in [0.15, 0.2) is 18.2 Å². The Bertz CT molecular complexity index is 387. The largest absolute Gasteiger partial charge is 0.497 e. The van der Waals surface area contributed by atoms with E-state index in [1.54, 1.807) is 14.2 Å². The third-order valence-electron chi connectivity index (χ3n) is 3.67. The van der Waals surface area contributed by atoms with E-state index in [1.807, 2.05) is 6.07 Å². The number of rotatable bonds is 4. The van der Waals surface area contributed by atoms with Crippen molar-refractivity contribution in [3.63, 3.8) is 0 Å². The molecule has 4 heteroatoms. The molecule has 0 bridgehead atoms. The fourth-order valence-corrected chi connectivity index (χ4v) is 2.70. The van der Waals surface area contributed by atoms with Gasteiger partial charge in [-0.2, -0.15) is 0 Å². The van der Waals surface area contributed by atoms with Crippen LogP contribution in [0.4, 0.5) is 0 Å². The third-order valence-corrected chi connectivity index (χ3v) is 3.67. The summed E-state index contributed by atoms with van der Waals surface area (Å²) < 4.78 is 10.6. The number of nitrogens with zero attached hydrogens (tertiary/aromatic N) is 1. The Morgan fingerprint density at radius 1 is 1.22 bits per heavy atom. The van der Waals surface area contributed by atoms with Crippen LogP contribution in [0.3, 0.4) is 0 Å². The van der Waals surface area contributed by atoms with Gasteiger partial charge in [-0.25, -0.2) is 0 Å². The van der Waals surface area contributed by atoms with Crippen LogP contribution >= 0.6 is 0 Å². The molecule has 1 heterocycles. The van der Waals surface area contributed by atoms with E-state index in [1.165, 1.54) is 5.56 Å². The number of ether oxygens (including phenoxy) is 2. The molecule has 100 valence electrons. The van der Waals surface area contributed by atoms with Crippen LogP contribution in [0.25, 0.3) is 0 Å². The Morgan fingerprint density at radius 3 is 2.33 bits per heavy atom. The monoisotopic (exact) mass is 250 g/mol. The molecule has 1 aromatic rings. The van der Waals surface area contributed by atoms with Crippen molar-refractivity contribution in [2.45, 2.75) is 25.4 Å². The summed E-state index contributed by atoms with van der Waals surface area (Å²) in [4.78, 5) is 2.40. The molecule has 1 fully saturated rings. The number of likely N-dealkylation sites (tertiary alicyclic amines) is 1. The standard InChI is InChI=1S/C14H22N2O2/c1-4-16-6-5-13(15)14(16)10-7-11(17-2)9-12(8-10)18-3/h7-9,13-14H,4-6,15H2,1-3H3. The number of benzene rings is 1. The van der Waals surface area contributed by atoms with Gasteiger partial charge >= 0.3 is 0 Å². The van der Waals surface area contributed by atoms with Crippen molar-refractivity contribution in [3.05, 3.63) is 23.8 Å². The van der Waals surface area contributed by atoms with Gasteiger partial charge in [0.05, 0.1) is 20.3 Å². The highest BCUT2D eigenvalue weighted by molar-refractivity contribution is 5.40. The number of hydrogen-bond acceptors (Lipinski definition) is 4. The van der Waals surface area contributed by atoms with Crippen molar-refractivity contribution in [3.8, 4) is 11.5 Å². The van der Waals surface area contributed by atoms with Crippen LogP contribution in [-0.4, -0.2) is 38.3 Å². The minimum atomic E-state index is 0.182. The molecule has 2 rings (SSSR count). The summed E-state index contributed by atoms with van der Waals surface area (Å²) in [5.74, 6) is 1.64. The molecule has 1 saturated heterocycles. The molecule has 0 amide bonds. The zero-order chi connectivity index (χ0) is 13.1. The van der Waals surface area contributed by atoms with E-state index < -0.39 is 0 Å². The summed E-state index contributed by atoms with van der Waals surface area (Å²) in [5, 5.41) is 0.